The Kier molecular flexibility index (Phi) is 4.46. The number of nitrogens with zero attached hydrogens (tertiary/aromatic N) is 1. The number of carbonyl (C=O) groups is 2. The van der Waals surface area contributed by atoms with Crippen LogP contribution >= 0.6 is 0 Å². The number of hydrogen-bond donors (Lipinski definition) is 2. The molecule has 0 unspecified atom stereocenters. The van der Waals surface area contributed by atoms with Crippen LogP contribution in [0.3, 0.4) is 0 Å². The molecule has 5 heteroatoms. The lowest BCUT2D eigenvalue weighted by Crippen LogP contribution is -2.13. The van der Waals surface area contributed by atoms with Crippen LogP contribution in [0.5, 0.6) is 0 Å². The highest BCUT2D eigenvalue weighted by atomic mass is 16.4. The van der Waals surface area contributed by atoms with E-state index in [0.29, 0.717) is 16.9 Å². The summed E-state index contributed by atoms with van der Waals surface area (Å²) in [5.41, 5.74) is 1.95. The molecular weight excluding hydrogens is 268 g/mol. The van der Waals surface area contributed by atoms with E-state index < -0.39 is 5.97 Å². The zero-order valence-electron chi connectivity index (χ0n) is 11.4. The Morgan fingerprint density at radius 1 is 1.24 bits per heavy atom. The van der Waals surface area contributed by atoms with Gasteiger partial charge < -0.3 is 10.4 Å². The normalized spacial score (nSPS) is 10.5. The number of aliphatic carboxylic acids is 1. The molecule has 0 fully saturated rings. The van der Waals surface area contributed by atoms with E-state index in [2.05, 4.69) is 10.3 Å². The molecule has 1 aromatic carbocycles. The lowest BCUT2D eigenvalue weighted by atomic mass is 10.1. The van der Waals surface area contributed by atoms with Crippen molar-refractivity contribution in [1.29, 1.82) is 0 Å². The smallest absolute Gasteiger partial charge is 0.328 e. The van der Waals surface area contributed by atoms with Crippen molar-refractivity contribution >= 4 is 23.8 Å². The van der Waals surface area contributed by atoms with Crippen LogP contribution in [0.15, 0.2) is 48.7 Å². The van der Waals surface area contributed by atoms with Gasteiger partial charge in [-0.2, -0.15) is 0 Å². The second-order valence-electron chi connectivity index (χ2n) is 4.42. The highest BCUT2D eigenvalue weighted by Crippen LogP contribution is 2.13. The zero-order chi connectivity index (χ0) is 15.2. The first-order valence-corrected chi connectivity index (χ1v) is 6.30. The Hall–Kier alpha value is -2.95. The van der Waals surface area contributed by atoms with Gasteiger partial charge in [0.2, 0.25) is 0 Å². The summed E-state index contributed by atoms with van der Waals surface area (Å²) in [6.07, 6.45) is 4.07. The van der Waals surface area contributed by atoms with Crippen molar-refractivity contribution in [2.45, 2.75) is 6.92 Å². The Labute approximate surface area is 122 Å². The number of carbonyl (C=O) groups excluding carboxylic acids is 1. The van der Waals surface area contributed by atoms with Crippen molar-refractivity contribution in [3.05, 3.63) is 65.4 Å². The van der Waals surface area contributed by atoms with Gasteiger partial charge >= 0.3 is 5.97 Å². The molecule has 1 aromatic heterocycles. The number of pyridine rings is 1. The van der Waals surface area contributed by atoms with E-state index in [-0.39, 0.29) is 5.91 Å². The predicted molar refractivity (Wildman–Crippen MR) is 80.0 cm³/mol. The topological polar surface area (TPSA) is 79.3 Å². The van der Waals surface area contributed by atoms with Crippen LogP contribution in [-0.4, -0.2) is 22.0 Å². The summed E-state index contributed by atoms with van der Waals surface area (Å²) in [5.74, 6) is -0.815. The first-order chi connectivity index (χ1) is 10.1. The van der Waals surface area contributed by atoms with E-state index >= 15 is 0 Å². The van der Waals surface area contributed by atoms with Gasteiger partial charge in [-0.3, -0.25) is 4.79 Å². The fraction of sp³-hybridized carbons (Fsp3) is 0.0625. The van der Waals surface area contributed by atoms with Gasteiger partial charge in [0.25, 0.3) is 5.91 Å². The summed E-state index contributed by atoms with van der Waals surface area (Å²) in [5, 5.41) is 11.3. The van der Waals surface area contributed by atoms with E-state index in [0.717, 1.165) is 11.6 Å². The third kappa shape index (κ3) is 4.01. The molecule has 2 rings (SSSR count). The number of aromatic nitrogens is 1. The van der Waals surface area contributed by atoms with Crippen LogP contribution in [0.25, 0.3) is 6.08 Å². The van der Waals surface area contributed by atoms with Crippen LogP contribution in [0.2, 0.25) is 0 Å². The molecule has 1 amide bonds. The molecule has 106 valence electrons. The zero-order valence-corrected chi connectivity index (χ0v) is 11.4. The van der Waals surface area contributed by atoms with Crippen LogP contribution in [0.4, 0.5) is 5.82 Å². The van der Waals surface area contributed by atoms with E-state index in [1.165, 1.54) is 6.08 Å². The average molecular weight is 282 g/mol. The molecule has 0 aliphatic rings. The van der Waals surface area contributed by atoms with Crippen molar-refractivity contribution in [1.82, 2.24) is 4.98 Å². The third-order valence-electron chi connectivity index (χ3n) is 2.81. The highest BCUT2D eigenvalue weighted by molar-refractivity contribution is 6.04. The summed E-state index contributed by atoms with van der Waals surface area (Å²) in [7, 11) is 0. The number of carboxylic acid groups (broad SMARTS) is 1. The minimum Gasteiger partial charge on any atom is -0.478 e. The van der Waals surface area contributed by atoms with E-state index in [9.17, 15) is 9.59 Å². The Morgan fingerprint density at radius 2 is 2.05 bits per heavy atom. The number of rotatable bonds is 4. The standard InChI is InChI=1S/C16H14N2O3/c1-11-4-3-9-17-15(11)18-16(21)13-6-2-5-12(10-13)7-8-14(19)20/h2-10H,1H3,(H,19,20)(H,17,18,21). The lowest BCUT2D eigenvalue weighted by molar-refractivity contribution is -0.131. The SMILES string of the molecule is Cc1cccnc1NC(=O)c1cccc(C=CC(=O)O)c1. The molecule has 2 N–H and O–H groups in total. The molecular formula is C16H14N2O3. The number of nitrogens with one attached hydrogen (secondary N) is 1. The molecule has 0 spiro atoms. The molecule has 0 radical (unpaired) electrons. The summed E-state index contributed by atoms with van der Waals surface area (Å²) < 4.78 is 0. The van der Waals surface area contributed by atoms with Gasteiger partial charge in [0.05, 0.1) is 0 Å². The summed E-state index contributed by atoms with van der Waals surface area (Å²) in [6.45, 7) is 1.86. The largest absolute Gasteiger partial charge is 0.478 e. The van der Waals surface area contributed by atoms with Crippen LogP contribution in [0.1, 0.15) is 21.5 Å². The molecule has 0 saturated carbocycles. The number of carboxylic acids is 1. The van der Waals surface area contributed by atoms with Crippen molar-refractivity contribution in [2.75, 3.05) is 5.32 Å². The first-order valence-electron chi connectivity index (χ1n) is 6.30. The predicted octanol–water partition coefficient (Wildman–Crippen LogP) is 2.74. The maximum atomic E-state index is 12.2. The lowest BCUT2D eigenvalue weighted by Gasteiger charge is -2.07. The summed E-state index contributed by atoms with van der Waals surface area (Å²) in [4.78, 5) is 26.8. The van der Waals surface area contributed by atoms with Crippen molar-refractivity contribution in [2.24, 2.45) is 0 Å². The number of anilines is 1. The van der Waals surface area contributed by atoms with Crippen LogP contribution in [0, 0.1) is 6.92 Å². The Morgan fingerprint density at radius 3 is 2.76 bits per heavy atom. The van der Waals surface area contributed by atoms with Gasteiger partial charge in [0, 0.05) is 17.8 Å². The quantitative estimate of drug-likeness (QED) is 0.845. The molecule has 21 heavy (non-hydrogen) atoms. The summed E-state index contributed by atoms with van der Waals surface area (Å²) >= 11 is 0. The van der Waals surface area contributed by atoms with Crippen LogP contribution < -0.4 is 5.32 Å². The molecule has 2 aromatic rings. The van der Waals surface area contributed by atoms with Gasteiger partial charge in [0.1, 0.15) is 5.82 Å². The van der Waals surface area contributed by atoms with Gasteiger partial charge in [-0.15, -0.1) is 0 Å². The molecule has 0 atom stereocenters. The molecule has 0 aliphatic heterocycles. The number of hydrogen-bond acceptors (Lipinski definition) is 3. The van der Waals surface area contributed by atoms with E-state index in [1.54, 1.807) is 36.5 Å². The average Bonchev–Trinajstić information content (AvgIpc) is 2.48. The number of benzene rings is 1. The maximum Gasteiger partial charge on any atom is 0.328 e. The number of aryl methyl sites for hydroxylation is 1. The van der Waals surface area contributed by atoms with Crippen molar-refractivity contribution in [3.63, 3.8) is 0 Å². The molecule has 5 nitrogen and oxygen atoms in total. The number of amides is 1. The highest BCUT2D eigenvalue weighted by Gasteiger charge is 2.08. The monoisotopic (exact) mass is 282 g/mol. The minimum absolute atomic E-state index is 0.289. The second kappa shape index (κ2) is 6.47. The fourth-order valence-electron chi connectivity index (χ4n) is 1.75. The molecule has 0 aliphatic carbocycles. The Bertz CT molecular complexity index is 708. The van der Waals surface area contributed by atoms with Crippen molar-refractivity contribution in [3.8, 4) is 0 Å². The van der Waals surface area contributed by atoms with Crippen molar-refractivity contribution < 1.29 is 14.7 Å². The minimum atomic E-state index is -1.03. The first kappa shape index (κ1) is 14.5. The second-order valence-corrected chi connectivity index (χ2v) is 4.42. The van der Waals surface area contributed by atoms with Crippen LogP contribution in [-0.2, 0) is 4.79 Å². The van der Waals surface area contributed by atoms with Gasteiger partial charge in [-0.05, 0) is 42.3 Å². The fourth-order valence-corrected chi connectivity index (χ4v) is 1.75. The van der Waals surface area contributed by atoms with E-state index in [1.807, 2.05) is 13.0 Å². The van der Waals surface area contributed by atoms with Gasteiger partial charge in [0.15, 0.2) is 0 Å². The van der Waals surface area contributed by atoms with Gasteiger partial charge in [-0.1, -0.05) is 18.2 Å². The maximum absolute atomic E-state index is 12.2. The molecule has 0 saturated heterocycles. The molecule has 1 heterocycles. The summed E-state index contributed by atoms with van der Waals surface area (Å²) in [6, 6.07) is 10.3. The van der Waals surface area contributed by atoms with E-state index in [4.69, 9.17) is 5.11 Å². The van der Waals surface area contributed by atoms with Gasteiger partial charge in [-0.25, -0.2) is 9.78 Å². The Balaban J connectivity index is 2.18. The molecule has 0 bridgehead atoms. The third-order valence-corrected chi connectivity index (χ3v) is 2.81.